The van der Waals surface area contributed by atoms with Gasteiger partial charge in [0.25, 0.3) is 0 Å². The second kappa shape index (κ2) is 4.31. The molecule has 1 rings (SSSR count). The van der Waals surface area contributed by atoms with Crippen molar-refractivity contribution in [3.63, 3.8) is 0 Å². The van der Waals surface area contributed by atoms with Crippen molar-refractivity contribution in [2.75, 3.05) is 11.5 Å². The highest BCUT2D eigenvalue weighted by Crippen LogP contribution is 2.30. The predicted octanol–water partition coefficient (Wildman–Crippen LogP) is 2.37. The molecule has 0 atom stereocenters. The molecule has 0 saturated heterocycles. The van der Waals surface area contributed by atoms with E-state index in [-0.39, 0.29) is 34.9 Å². The van der Waals surface area contributed by atoms with Gasteiger partial charge in [0.2, 0.25) is 0 Å². The summed E-state index contributed by atoms with van der Waals surface area (Å²) in [6, 6.07) is 0. The molecule has 3 nitrogen and oxygen atoms in total. The first-order valence-corrected chi connectivity index (χ1v) is 4.94. The second-order valence-electron chi connectivity index (χ2n) is 2.42. The third-order valence-corrected chi connectivity index (χ3v) is 2.33. The monoisotopic (exact) mass is 245 g/mol. The van der Waals surface area contributed by atoms with Gasteiger partial charge in [0.1, 0.15) is 5.02 Å². The van der Waals surface area contributed by atoms with Crippen LogP contribution < -0.4 is 5.73 Å². The summed E-state index contributed by atoms with van der Waals surface area (Å²) in [6.45, 7) is 0.126. The molecule has 0 spiro atoms. The number of hydrogen-bond donors (Lipinski definition) is 1. The summed E-state index contributed by atoms with van der Waals surface area (Å²) in [7, 11) is 0. The number of hydrogen-bond acceptors (Lipinski definition) is 3. The van der Waals surface area contributed by atoms with Crippen LogP contribution in [-0.4, -0.2) is 21.0 Å². The van der Waals surface area contributed by atoms with Gasteiger partial charge in [-0.2, -0.15) is 18.3 Å². The molecule has 80 valence electrons. The molecule has 0 aliphatic heterocycles. The number of aromatic nitrogens is 2. The molecule has 1 aromatic heterocycles. The molecule has 2 N–H and O–H groups in total. The highest BCUT2D eigenvalue weighted by atomic mass is 35.5. The molecular weight excluding hydrogens is 239 g/mol. The lowest BCUT2D eigenvalue weighted by Gasteiger charge is -2.04. The van der Waals surface area contributed by atoms with Crippen LogP contribution in [0.5, 0.6) is 0 Å². The number of nitrogens with two attached hydrogens (primary N) is 1. The Kier molecular flexibility index (Phi) is 3.54. The number of nitrogens with zero attached hydrogens (tertiary/aromatic N) is 2. The van der Waals surface area contributed by atoms with Crippen LogP contribution >= 0.6 is 23.4 Å². The van der Waals surface area contributed by atoms with Gasteiger partial charge in [-0.25, -0.2) is 0 Å². The molecule has 0 saturated carbocycles. The normalized spacial score (nSPS) is 12.0. The summed E-state index contributed by atoms with van der Waals surface area (Å²) < 4.78 is 36.5. The van der Waals surface area contributed by atoms with Crippen LogP contribution in [-0.2, 0) is 6.54 Å². The van der Waals surface area contributed by atoms with Crippen molar-refractivity contribution in [1.29, 1.82) is 0 Å². The minimum Gasteiger partial charge on any atom is -0.381 e. The van der Waals surface area contributed by atoms with Gasteiger partial charge < -0.3 is 5.73 Å². The van der Waals surface area contributed by atoms with Crippen LogP contribution in [0.2, 0.25) is 5.02 Å². The summed E-state index contributed by atoms with van der Waals surface area (Å²) in [5.41, 5.74) is 1.10. The molecule has 0 amide bonds. The number of alkyl halides is 3. The first kappa shape index (κ1) is 11.5. The van der Waals surface area contributed by atoms with E-state index >= 15 is 0 Å². The Morgan fingerprint density at radius 1 is 1.57 bits per heavy atom. The molecule has 0 aliphatic rings. The fraction of sp³-hybridized carbons (Fsp3) is 0.500. The van der Waals surface area contributed by atoms with Gasteiger partial charge in [-0.3, -0.25) is 4.68 Å². The van der Waals surface area contributed by atoms with Crippen LogP contribution in [0.15, 0.2) is 6.20 Å². The summed E-state index contributed by atoms with van der Waals surface area (Å²) in [5.74, 6) is 0.0182. The Labute approximate surface area is 87.4 Å². The van der Waals surface area contributed by atoms with Gasteiger partial charge in [-0.15, -0.1) is 0 Å². The van der Waals surface area contributed by atoms with E-state index in [1.54, 1.807) is 0 Å². The molecular formula is C6H7ClF3N3S. The Morgan fingerprint density at radius 2 is 2.21 bits per heavy atom. The molecule has 0 aliphatic carbocycles. The summed E-state index contributed by atoms with van der Waals surface area (Å²) in [6.07, 6.45) is 1.40. The summed E-state index contributed by atoms with van der Waals surface area (Å²) in [5, 5.41) is 3.96. The largest absolute Gasteiger partial charge is 0.441 e. The highest BCUT2D eigenvalue weighted by molar-refractivity contribution is 8.00. The van der Waals surface area contributed by atoms with Crippen molar-refractivity contribution in [3.8, 4) is 0 Å². The van der Waals surface area contributed by atoms with Crippen molar-refractivity contribution < 1.29 is 13.2 Å². The third-order valence-electron chi connectivity index (χ3n) is 1.33. The number of nitrogen functional groups attached to an aromatic ring is 1. The first-order valence-electron chi connectivity index (χ1n) is 3.57. The Bertz CT molecular complexity index is 292. The summed E-state index contributed by atoms with van der Waals surface area (Å²) >= 11 is 5.46. The smallest absolute Gasteiger partial charge is 0.381 e. The quantitative estimate of drug-likeness (QED) is 0.889. The number of rotatable bonds is 3. The van der Waals surface area contributed by atoms with Gasteiger partial charge in [-0.1, -0.05) is 11.6 Å². The van der Waals surface area contributed by atoms with Crippen molar-refractivity contribution >= 4 is 29.2 Å². The first-order chi connectivity index (χ1) is 6.38. The van der Waals surface area contributed by atoms with Crippen LogP contribution in [0.3, 0.4) is 0 Å². The maximum Gasteiger partial charge on any atom is 0.441 e. The standard InChI is InChI=1S/C6H7ClF3N3S/c7-4-3-13(12-5(4)11)1-2-14-6(8,9)10/h3H,1-2H2,(H2,11,12). The molecule has 1 aromatic rings. The van der Waals surface area contributed by atoms with Crippen LogP contribution in [0.4, 0.5) is 19.0 Å². The molecule has 8 heteroatoms. The zero-order valence-electron chi connectivity index (χ0n) is 6.88. The minimum atomic E-state index is -4.21. The van der Waals surface area contributed by atoms with Gasteiger partial charge >= 0.3 is 5.51 Å². The van der Waals surface area contributed by atoms with Gasteiger partial charge in [-0.05, 0) is 11.8 Å². The summed E-state index contributed by atoms with van der Waals surface area (Å²) in [4.78, 5) is 0. The van der Waals surface area contributed by atoms with Crippen LogP contribution in [0, 0.1) is 0 Å². The van der Waals surface area contributed by atoms with Crippen molar-refractivity contribution in [3.05, 3.63) is 11.2 Å². The number of thioether (sulfide) groups is 1. The molecule has 0 fully saturated rings. The SMILES string of the molecule is Nc1nn(CCSC(F)(F)F)cc1Cl. The molecule has 0 aromatic carbocycles. The Morgan fingerprint density at radius 3 is 2.64 bits per heavy atom. The third kappa shape index (κ3) is 3.67. The lowest BCUT2D eigenvalue weighted by molar-refractivity contribution is -0.0328. The molecule has 14 heavy (non-hydrogen) atoms. The molecule has 0 radical (unpaired) electrons. The fourth-order valence-electron chi connectivity index (χ4n) is 0.781. The van der Waals surface area contributed by atoms with E-state index in [2.05, 4.69) is 5.10 Å². The maximum absolute atomic E-state index is 11.7. The Balaban J connectivity index is 2.39. The van der Waals surface area contributed by atoms with Gasteiger partial charge in [0.15, 0.2) is 5.82 Å². The number of anilines is 1. The maximum atomic E-state index is 11.7. The minimum absolute atomic E-state index is 0.101. The highest BCUT2D eigenvalue weighted by Gasteiger charge is 2.27. The van der Waals surface area contributed by atoms with E-state index in [1.165, 1.54) is 10.9 Å². The average Bonchev–Trinajstić information content (AvgIpc) is 2.28. The number of aryl methyl sites for hydroxylation is 1. The van der Waals surface area contributed by atoms with E-state index in [4.69, 9.17) is 17.3 Å². The van der Waals surface area contributed by atoms with E-state index in [0.717, 1.165) is 0 Å². The van der Waals surface area contributed by atoms with Crippen LogP contribution in [0.1, 0.15) is 0 Å². The van der Waals surface area contributed by atoms with Crippen molar-refractivity contribution in [2.24, 2.45) is 0 Å². The van der Waals surface area contributed by atoms with Gasteiger partial charge in [0, 0.05) is 11.9 Å². The van der Waals surface area contributed by atoms with E-state index < -0.39 is 5.51 Å². The lowest BCUT2D eigenvalue weighted by Crippen LogP contribution is -2.07. The number of halogens is 4. The predicted molar refractivity (Wildman–Crippen MR) is 50.2 cm³/mol. The van der Waals surface area contributed by atoms with E-state index in [9.17, 15) is 13.2 Å². The second-order valence-corrected chi connectivity index (χ2v) is 3.99. The topological polar surface area (TPSA) is 43.8 Å². The molecule has 1 heterocycles. The van der Waals surface area contributed by atoms with E-state index in [0.29, 0.717) is 0 Å². The fourth-order valence-corrected chi connectivity index (χ4v) is 1.44. The zero-order valence-corrected chi connectivity index (χ0v) is 8.46. The Hall–Kier alpha value is -0.560. The van der Waals surface area contributed by atoms with E-state index in [1.807, 2.05) is 0 Å². The van der Waals surface area contributed by atoms with Gasteiger partial charge in [0.05, 0.1) is 6.54 Å². The van der Waals surface area contributed by atoms with Crippen molar-refractivity contribution in [1.82, 2.24) is 9.78 Å². The molecule has 0 bridgehead atoms. The van der Waals surface area contributed by atoms with Crippen molar-refractivity contribution in [2.45, 2.75) is 12.1 Å². The lowest BCUT2D eigenvalue weighted by atomic mass is 10.6. The van der Waals surface area contributed by atoms with Crippen LogP contribution in [0.25, 0.3) is 0 Å². The zero-order chi connectivity index (χ0) is 10.8. The average molecular weight is 246 g/mol. The molecule has 0 unspecified atom stereocenters.